The van der Waals surface area contributed by atoms with Crippen molar-refractivity contribution in [2.75, 3.05) is 5.73 Å². The second kappa shape index (κ2) is 4.28. The molecule has 0 amide bonds. The minimum atomic E-state index is 0.523. The number of nitrogens with zero attached hydrogens (tertiary/aromatic N) is 2. The molecule has 15 heavy (non-hydrogen) atoms. The van der Waals surface area contributed by atoms with Crippen LogP contribution in [0.5, 0.6) is 0 Å². The normalized spacial score (nSPS) is 10.5. The van der Waals surface area contributed by atoms with Crippen LogP contribution in [-0.2, 0) is 6.42 Å². The molecule has 2 rings (SSSR count). The van der Waals surface area contributed by atoms with Crippen molar-refractivity contribution in [2.45, 2.75) is 13.3 Å². The molecule has 2 aromatic rings. The molecule has 3 nitrogen and oxygen atoms in total. The van der Waals surface area contributed by atoms with E-state index in [1.165, 1.54) is 0 Å². The maximum atomic E-state index is 5.73. The van der Waals surface area contributed by atoms with E-state index in [2.05, 4.69) is 25.9 Å². The van der Waals surface area contributed by atoms with Gasteiger partial charge in [0, 0.05) is 33.3 Å². The van der Waals surface area contributed by atoms with E-state index in [4.69, 9.17) is 5.73 Å². The molecule has 0 aliphatic rings. The lowest BCUT2D eigenvalue weighted by molar-refractivity contribution is 0.949. The summed E-state index contributed by atoms with van der Waals surface area (Å²) < 4.78 is 1.05. The fraction of sp³-hybridized carbons (Fsp3) is 0.200. The van der Waals surface area contributed by atoms with Crippen LogP contribution in [0.4, 0.5) is 5.82 Å². The van der Waals surface area contributed by atoms with Gasteiger partial charge in [-0.2, -0.15) is 11.3 Å². The van der Waals surface area contributed by atoms with Crippen molar-refractivity contribution in [3.63, 3.8) is 0 Å². The number of thiophene rings is 1. The van der Waals surface area contributed by atoms with Gasteiger partial charge in [0.25, 0.3) is 0 Å². The molecule has 0 spiro atoms. The average Bonchev–Trinajstić information content (AvgIpc) is 2.63. The number of halogens is 1. The van der Waals surface area contributed by atoms with Gasteiger partial charge in [-0.05, 0) is 15.9 Å². The summed E-state index contributed by atoms with van der Waals surface area (Å²) in [5.74, 6) is 1.30. The summed E-state index contributed by atoms with van der Waals surface area (Å²) in [6.07, 6.45) is 0.791. The van der Waals surface area contributed by atoms with Crippen LogP contribution in [0.2, 0.25) is 0 Å². The Labute approximate surface area is 101 Å². The standard InChI is InChI=1S/C10H10BrN3S/c1-2-10-13-8(3-9(12)14-10)6-4-15-5-7(6)11/h3-5H,2H2,1H3,(H2,12,13,14). The molecule has 2 aromatic heterocycles. The summed E-state index contributed by atoms with van der Waals surface area (Å²) in [5, 5.41) is 4.07. The van der Waals surface area contributed by atoms with E-state index in [-0.39, 0.29) is 0 Å². The Hall–Kier alpha value is -0.940. The van der Waals surface area contributed by atoms with E-state index in [9.17, 15) is 0 Å². The van der Waals surface area contributed by atoms with E-state index < -0.39 is 0 Å². The molecule has 0 saturated carbocycles. The van der Waals surface area contributed by atoms with E-state index in [1.54, 1.807) is 17.4 Å². The van der Waals surface area contributed by atoms with Gasteiger partial charge >= 0.3 is 0 Å². The molecule has 0 aliphatic carbocycles. The molecule has 2 heterocycles. The molecular formula is C10H10BrN3S. The number of nitrogens with two attached hydrogens (primary N) is 1. The van der Waals surface area contributed by atoms with Crippen LogP contribution in [0.3, 0.4) is 0 Å². The molecule has 5 heteroatoms. The van der Waals surface area contributed by atoms with Gasteiger partial charge in [0.1, 0.15) is 11.6 Å². The van der Waals surface area contributed by atoms with Gasteiger partial charge in [0.2, 0.25) is 0 Å². The second-order valence-electron chi connectivity index (χ2n) is 3.08. The van der Waals surface area contributed by atoms with Gasteiger partial charge in [-0.25, -0.2) is 9.97 Å². The second-order valence-corrected chi connectivity index (χ2v) is 4.68. The van der Waals surface area contributed by atoms with Crippen LogP contribution in [0.15, 0.2) is 21.3 Å². The average molecular weight is 284 g/mol. The minimum Gasteiger partial charge on any atom is -0.384 e. The summed E-state index contributed by atoms with van der Waals surface area (Å²) in [4.78, 5) is 8.59. The zero-order valence-electron chi connectivity index (χ0n) is 8.20. The highest BCUT2D eigenvalue weighted by atomic mass is 79.9. The summed E-state index contributed by atoms with van der Waals surface area (Å²) in [6.45, 7) is 2.02. The first-order valence-corrected chi connectivity index (χ1v) is 6.29. The number of anilines is 1. The first kappa shape index (κ1) is 10.6. The summed E-state index contributed by atoms with van der Waals surface area (Å²) in [7, 11) is 0. The predicted molar refractivity (Wildman–Crippen MR) is 66.8 cm³/mol. The van der Waals surface area contributed by atoms with Crippen molar-refractivity contribution in [3.8, 4) is 11.3 Å². The van der Waals surface area contributed by atoms with E-state index in [1.807, 2.05) is 17.7 Å². The third-order valence-electron chi connectivity index (χ3n) is 2.00. The third kappa shape index (κ3) is 2.18. The molecule has 0 unspecified atom stereocenters. The molecule has 0 fully saturated rings. The van der Waals surface area contributed by atoms with Crippen molar-refractivity contribution in [1.82, 2.24) is 9.97 Å². The number of aromatic nitrogens is 2. The van der Waals surface area contributed by atoms with Gasteiger partial charge < -0.3 is 5.73 Å². The van der Waals surface area contributed by atoms with E-state index >= 15 is 0 Å². The summed E-state index contributed by atoms with van der Waals surface area (Å²) >= 11 is 5.12. The van der Waals surface area contributed by atoms with Crippen LogP contribution >= 0.6 is 27.3 Å². The first-order chi connectivity index (χ1) is 7.20. The van der Waals surface area contributed by atoms with Gasteiger partial charge in [0.05, 0.1) is 5.69 Å². The van der Waals surface area contributed by atoms with Crippen molar-refractivity contribution >= 4 is 33.1 Å². The fourth-order valence-corrected chi connectivity index (χ4v) is 2.77. The highest BCUT2D eigenvalue weighted by molar-refractivity contribution is 9.10. The van der Waals surface area contributed by atoms with Crippen LogP contribution < -0.4 is 5.73 Å². The molecule has 0 bridgehead atoms. The molecule has 0 aliphatic heterocycles. The number of nitrogen functional groups attached to an aromatic ring is 1. The smallest absolute Gasteiger partial charge is 0.131 e. The van der Waals surface area contributed by atoms with Crippen LogP contribution in [-0.4, -0.2) is 9.97 Å². The molecule has 2 N–H and O–H groups in total. The van der Waals surface area contributed by atoms with Gasteiger partial charge in [-0.3, -0.25) is 0 Å². The Balaban J connectivity index is 2.53. The summed E-state index contributed by atoms with van der Waals surface area (Å²) in [6, 6.07) is 1.80. The Morgan fingerprint density at radius 1 is 1.40 bits per heavy atom. The van der Waals surface area contributed by atoms with Crippen molar-refractivity contribution < 1.29 is 0 Å². The van der Waals surface area contributed by atoms with Crippen LogP contribution in [0.1, 0.15) is 12.7 Å². The van der Waals surface area contributed by atoms with Crippen LogP contribution in [0, 0.1) is 0 Å². The van der Waals surface area contributed by atoms with Crippen molar-refractivity contribution in [2.24, 2.45) is 0 Å². The number of rotatable bonds is 2. The SMILES string of the molecule is CCc1nc(N)cc(-c2cscc2Br)n1. The van der Waals surface area contributed by atoms with E-state index in [0.29, 0.717) is 5.82 Å². The predicted octanol–water partition coefficient (Wildman–Crippen LogP) is 3.11. The van der Waals surface area contributed by atoms with Gasteiger partial charge in [-0.15, -0.1) is 0 Å². The molecule has 0 aromatic carbocycles. The monoisotopic (exact) mass is 283 g/mol. The third-order valence-corrected chi connectivity index (χ3v) is 3.70. The molecule has 0 atom stereocenters. The number of hydrogen-bond acceptors (Lipinski definition) is 4. The van der Waals surface area contributed by atoms with Gasteiger partial charge in [-0.1, -0.05) is 6.92 Å². The fourth-order valence-electron chi connectivity index (χ4n) is 1.28. The van der Waals surface area contributed by atoms with E-state index in [0.717, 1.165) is 28.0 Å². The summed E-state index contributed by atoms with van der Waals surface area (Å²) in [5.41, 5.74) is 7.68. The largest absolute Gasteiger partial charge is 0.384 e. The molecule has 78 valence electrons. The Morgan fingerprint density at radius 3 is 2.80 bits per heavy atom. The molecule has 0 radical (unpaired) electrons. The zero-order valence-corrected chi connectivity index (χ0v) is 10.6. The Kier molecular flexibility index (Phi) is 3.02. The zero-order chi connectivity index (χ0) is 10.8. The van der Waals surface area contributed by atoms with Gasteiger partial charge in [0.15, 0.2) is 0 Å². The Morgan fingerprint density at radius 2 is 2.20 bits per heavy atom. The topological polar surface area (TPSA) is 51.8 Å². The lowest BCUT2D eigenvalue weighted by Gasteiger charge is -2.03. The number of aryl methyl sites for hydroxylation is 1. The highest BCUT2D eigenvalue weighted by Gasteiger charge is 2.08. The molecule has 0 saturated heterocycles. The lowest BCUT2D eigenvalue weighted by Crippen LogP contribution is -1.99. The van der Waals surface area contributed by atoms with Crippen molar-refractivity contribution in [3.05, 3.63) is 27.1 Å². The lowest BCUT2D eigenvalue weighted by atomic mass is 10.2. The number of hydrogen-bond donors (Lipinski definition) is 1. The molecular weight excluding hydrogens is 274 g/mol. The highest BCUT2D eigenvalue weighted by Crippen LogP contribution is 2.30. The first-order valence-electron chi connectivity index (χ1n) is 4.56. The quantitative estimate of drug-likeness (QED) is 0.921. The maximum absolute atomic E-state index is 5.73. The minimum absolute atomic E-state index is 0.523. The maximum Gasteiger partial charge on any atom is 0.131 e. The Bertz CT molecular complexity index is 481. The van der Waals surface area contributed by atoms with Crippen molar-refractivity contribution in [1.29, 1.82) is 0 Å². The van der Waals surface area contributed by atoms with Crippen LogP contribution in [0.25, 0.3) is 11.3 Å².